The van der Waals surface area contributed by atoms with Gasteiger partial charge in [-0.2, -0.15) is 18.3 Å². The van der Waals surface area contributed by atoms with Crippen molar-refractivity contribution in [3.05, 3.63) is 62.7 Å². The number of carbonyl (C=O) groups is 1. The lowest BCUT2D eigenvalue weighted by molar-refractivity contribution is -0.173. The molecule has 0 aliphatic carbocycles. The van der Waals surface area contributed by atoms with Gasteiger partial charge in [-0.3, -0.25) is 4.79 Å². The Morgan fingerprint density at radius 2 is 1.83 bits per heavy atom. The molecule has 4 rings (SSSR count). The lowest BCUT2D eigenvalue weighted by Gasteiger charge is -2.33. The second-order valence-corrected chi connectivity index (χ2v) is 8.78. The van der Waals surface area contributed by atoms with Gasteiger partial charge in [0.25, 0.3) is 5.91 Å². The Morgan fingerprint density at radius 3 is 2.49 bits per heavy atom. The Balaban J connectivity index is 1.72. The number of hydrogen-bond donors (Lipinski definition) is 2. The standard InChI is InChI=1S/C22H18Cl3F3N4O3/c1-34-14-7-6-10(8-15(14)35-2)13-9-16(22(26,27)28)32-20(29-13)18(25)19(31-32)21(33)30-12-5-3-4-11(23)17(12)24/h3-8,13,16,29H,9H2,1-2H3,(H,30,33)/t13-,16+/m1/s1. The van der Waals surface area contributed by atoms with E-state index in [4.69, 9.17) is 44.3 Å². The van der Waals surface area contributed by atoms with Crippen molar-refractivity contribution in [1.82, 2.24) is 9.78 Å². The first-order chi connectivity index (χ1) is 16.5. The summed E-state index contributed by atoms with van der Waals surface area (Å²) in [6.45, 7) is 0. The molecule has 1 aliphatic rings. The summed E-state index contributed by atoms with van der Waals surface area (Å²) in [6.07, 6.45) is -5.06. The van der Waals surface area contributed by atoms with Crippen LogP contribution in [0.25, 0.3) is 0 Å². The monoisotopic (exact) mass is 548 g/mol. The SMILES string of the molecule is COc1ccc([C@H]2C[C@@H](C(F)(F)F)n3nc(C(=O)Nc4cccc(Cl)c4Cl)c(Cl)c3N2)cc1OC. The van der Waals surface area contributed by atoms with E-state index in [-0.39, 0.29) is 26.6 Å². The molecule has 35 heavy (non-hydrogen) atoms. The first kappa shape index (κ1) is 25.3. The van der Waals surface area contributed by atoms with Crippen molar-refractivity contribution in [2.75, 3.05) is 24.9 Å². The minimum atomic E-state index is -4.66. The van der Waals surface area contributed by atoms with E-state index in [1.165, 1.54) is 26.4 Å². The third-order valence-corrected chi connectivity index (χ3v) is 6.70. The van der Waals surface area contributed by atoms with Crippen LogP contribution in [0.3, 0.4) is 0 Å². The van der Waals surface area contributed by atoms with Crippen LogP contribution in [0.5, 0.6) is 11.5 Å². The van der Waals surface area contributed by atoms with Gasteiger partial charge in [-0.1, -0.05) is 46.9 Å². The van der Waals surface area contributed by atoms with E-state index in [1.807, 2.05) is 0 Å². The normalized spacial score (nSPS) is 17.4. The lowest BCUT2D eigenvalue weighted by Crippen LogP contribution is -2.35. The number of hydrogen-bond acceptors (Lipinski definition) is 5. The first-order valence-corrected chi connectivity index (χ1v) is 11.3. The quantitative estimate of drug-likeness (QED) is 0.367. The third-order valence-electron chi connectivity index (χ3n) is 5.52. The van der Waals surface area contributed by atoms with Gasteiger partial charge in [0.15, 0.2) is 23.2 Å². The molecule has 0 spiro atoms. The molecule has 13 heteroatoms. The molecule has 1 aliphatic heterocycles. The van der Waals surface area contributed by atoms with E-state index >= 15 is 0 Å². The molecule has 2 N–H and O–H groups in total. The molecular formula is C22H18Cl3F3N4O3. The van der Waals surface area contributed by atoms with Gasteiger partial charge in [0.2, 0.25) is 0 Å². The van der Waals surface area contributed by atoms with Crippen molar-refractivity contribution < 1.29 is 27.4 Å². The smallest absolute Gasteiger partial charge is 0.410 e. The van der Waals surface area contributed by atoms with Crippen molar-refractivity contribution in [3.63, 3.8) is 0 Å². The third kappa shape index (κ3) is 4.82. The predicted molar refractivity (Wildman–Crippen MR) is 127 cm³/mol. The molecule has 0 radical (unpaired) electrons. The number of amides is 1. The van der Waals surface area contributed by atoms with Crippen molar-refractivity contribution in [2.45, 2.75) is 24.7 Å². The van der Waals surface area contributed by atoms with Gasteiger partial charge in [-0.15, -0.1) is 0 Å². The molecule has 186 valence electrons. The largest absolute Gasteiger partial charge is 0.493 e. The summed E-state index contributed by atoms with van der Waals surface area (Å²) in [5.41, 5.74) is 0.277. The summed E-state index contributed by atoms with van der Waals surface area (Å²) < 4.78 is 53.3. The molecule has 0 saturated carbocycles. The second-order valence-electron chi connectivity index (χ2n) is 7.62. The van der Waals surface area contributed by atoms with Crippen molar-refractivity contribution >= 4 is 52.2 Å². The number of nitrogens with one attached hydrogen (secondary N) is 2. The number of nitrogens with zero attached hydrogens (tertiary/aromatic N) is 2. The van der Waals surface area contributed by atoms with Crippen LogP contribution in [0.2, 0.25) is 15.1 Å². The fraction of sp³-hybridized carbons (Fsp3) is 0.273. The first-order valence-electron chi connectivity index (χ1n) is 10.1. The van der Waals surface area contributed by atoms with Crippen molar-refractivity contribution in [3.8, 4) is 11.5 Å². The van der Waals surface area contributed by atoms with Crippen LogP contribution >= 0.6 is 34.8 Å². The van der Waals surface area contributed by atoms with Crippen LogP contribution in [0, 0.1) is 0 Å². The molecule has 0 bridgehead atoms. The average molecular weight is 550 g/mol. The van der Waals surface area contributed by atoms with E-state index < -0.39 is 36.3 Å². The van der Waals surface area contributed by atoms with Crippen LogP contribution < -0.4 is 20.1 Å². The van der Waals surface area contributed by atoms with Crippen LogP contribution in [0.1, 0.15) is 34.6 Å². The number of halogens is 6. The van der Waals surface area contributed by atoms with Gasteiger partial charge in [0.05, 0.1) is 36.0 Å². The van der Waals surface area contributed by atoms with E-state index in [9.17, 15) is 18.0 Å². The number of aromatic nitrogens is 2. The summed E-state index contributed by atoms with van der Waals surface area (Å²) >= 11 is 18.4. The fourth-order valence-corrected chi connectivity index (χ4v) is 4.42. The topological polar surface area (TPSA) is 77.4 Å². The lowest BCUT2D eigenvalue weighted by atomic mass is 9.96. The fourth-order valence-electron chi connectivity index (χ4n) is 3.80. The van der Waals surface area contributed by atoms with Gasteiger partial charge < -0.3 is 20.1 Å². The molecule has 2 heterocycles. The number of fused-ring (bicyclic) bond motifs is 1. The highest BCUT2D eigenvalue weighted by Crippen LogP contribution is 2.47. The zero-order chi connectivity index (χ0) is 25.5. The molecule has 7 nitrogen and oxygen atoms in total. The number of rotatable bonds is 5. The number of methoxy groups -OCH3 is 2. The molecular weight excluding hydrogens is 532 g/mol. The Labute approximate surface area is 213 Å². The molecule has 2 aromatic carbocycles. The molecule has 0 saturated heterocycles. The maximum atomic E-state index is 14.1. The minimum absolute atomic E-state index is 0.0717. The van der Waals surface area contributed by atoms with E-state index in [0.29, 0.717) is 21.7 Å². The van der Waals surface area contributed by atoms with Crippen molar-refractivity contribution in [2.24, 2.45) is 0 Å². The highest BCUT2D eigenvalue weighted by Gasteiger charge is 2.48. The zero-order valence-electron chi connectivity index (χ0n) is 18.2. The summed E-state index contributed by atoms with van der Waals surface area (Å²) in [5.74, 6) is -0.186. The van der Waals surface area contributed by atoms with Gasteiger partial charge in [-0.05, 0) is 29.8 Å². The van der Waals surface area contributed by atoms with Crippen molar-refractivity contribution in [1.29, 1.82) is 0 Å². The van der Waals surface area contributed by atoms with Crippen LogP contribution in [-0.2, 0) is 0 Å². The number of anilines is 2. The summed E-state index contributed by atoms with van der Waals surface area (Å²) in [5, 5.41) is 9.37. The van der Waals surface area contributed by atoms with Gasteiger partial charge in [0, 0.05) is 6.42 Å². The second kappa shape index (κ2) is 9.67. The Morgan fingerprint density at radius 1 is 1.11 bits per heavy atom. The van der Waals surface area contributed by atoms with Gasteiger partial charge in [0.1, 0.15) is 10.8 Å². The number of carbonyl (C=O) groups excluding carboxylic acids is 1. The van der Waals surface area contributed by atoms with E-state index in [1.54, 1.807) is 24.3 Å². The Kier molecular flexibility index (Phi) is 6.99. The Hall–Kier alpha value is -2.82. The summed E-state index contributed by atoms with van der Waals surface area (Å²) in [7, 11) is 2.88. The predicted octanol–water partition coefficient (Wildman–Crippen LogP) is 6.77. The highest BCUT2D eigenvalue weighted by molar-refractivity contribution is 6.44. The van der Waals surface area contributed by atoms with Gasteiger partial charge >= 0.3 is 6.18 Å². The van der Waals surface area contributed by atoms with Crippen LogP contribution in [0.15, 0.2) is 36.4 Å². The maximum Gasteiger partial charge on any atom is 0.410 e. The van der Waals surface area contributed by atoms with Crippen LogP contribution in [0.4, 0.5) is 24.7 Å². The van der Waals surface area contributed by atoms with Gasteiger partial charge in [-0.25, -0.2) is 4.68 Å². The maximum absolute atomic E-state index is 14.1. The number of alkyl halides is 3. The van der Waals surface area contributed by atoms with E-state index in [2.05, 4.69) is 15.7 Å². The average Bonchev–Trinajstić information content (AvgIpc) is 3.16. The summed E-state index contributed by atoms with van der Waals surface area (Å²) in [6, 6.07) is 6.53. The molecule has 1 aromatic heterocycles. The number of benzene rings is 2. The Bertz CT molecular complexity index is 1280. The minimum Gasteiger partial charge on any atom is -0.493 e. The zero-order valence-corrected chi connectivity index (χ0v) is 20.5. The number of ether oxygens (including phenoxy) is 2. The molecule has 2 atom stereocenters. The molecule has 0 unspecified atom stereocenters. The summed E-state index contributed by atoms with van der Waals surface area (Å²) in [4.78, 5) is 12.9. The molecule has 1 amide bonds. The molecule has 0 fully saturated rings. The van der Waals surface area contributed by atoms with Crippen LogP contribution in [-0.4, -0.2) is 36.1 Å². The highest BCUT2D eigenvalue weighted by atomic mass is 35.5. The van der Waals surface area contributed by atoms with E-state index in [0.717, 1.165) is 0 Å². The molecule has 3 aromatic rings.